The molecule has 1 atom stereocenters. The lowest BCUT2D eigenvalue weighted by atomic mass is 9.98. The summed E-state index contributed by atoms with van der Waals surface area (Å²) in [6, 6.07) is 26.1. The van der Waals surface area contributed by atoms with Gasteiger partial charge < -0.3 is 9.30 Å². The smallest absolute Gasteiger partial charge is 0.270 e. The van der Waals surface area contributed by atoms with Crippen molar-refractivity contribution in [1.82, 2.24) is 4.57 Å². The molecule has 4 nitrogen and oxygen atoms in total. The van der Waals surface area contributed by atoms with Gasteiger partial charge >= 0.3 is 0 Å². The van der Waals surface area contributed by atoms with Crippen LogP contribution in [0.15, 0.2) is 90.0 Å². The van der Waals surface area contributed by atoms with Crippen molar-refractivity contribution in [3.63, 3.8) is 0 Å². The summed E-state index contributed by atoms with van der Waals surface area (Å²) in [4.78, 5) is 15.5. The first kappa shape index (κ1) is 24.3. The van der Waals surface area contributed by atoms with Crippen molar-refractivity contribution in [2.45, 2.75) is 32.7 Å². The summed E-state index contributed by atoms with van der Waals surface area (Å²) in [5.74, 6) is 1.32. The number of para-hydroxylation sites is 3. The molecule has 1 amide bonds. The quantitative estimate of drug-likeness (QED) is 0.179. The van der Waals surface area contributed by atoms with Gasteiger partial charge in [0, 0.05) is 22.7 Å². The monoisotopic (exact) mass is 512 g/mol. The van der Waals surface area contributed by atoms with Gasteiger partial charge in [0.15, 0.2) is 4.32 Å². The molecule has 1 unspecified atom stereocenters. The highest BCUT2D eigenvalue weighted by molar-refractivity contribution is 8.27. The molecule has 1 saturated heterocycles. The van der Waals surface area contributed by atoms with Crippen molar-refractivity contribution in [3.8, 4) is 5.75 Å². The van der Waals surface area contributed by atoms with E-state index in [1.165, 1.54) is 17.3 Å². The molecular formula is C30H28N2O2S2. The van der Waals surface area contributed by atoms with E-state index in [1.807, 2.05) is 54.6 Å². The minimum atomic E-state index is -0.0852. The molecule has 36 heavy (non-hydrogen) atoms. The first-order chi connectivity index (χ1) is 17.6. The average molecular weight is 513 g/mol. The maximum absolute atomic E-state index is 13.2. The molecule has 182 valence electrons. The number of benzene rings is 3. The van der Waals surface area contributed by atoms with Gasteiger partial charge in [-0.3, -0.25) is 9.69 Å². The highest BCUT2D eigenvalue weighted by Crippen LogP contribution is 2.37. The van der Waals surface area contributed by atoms with Crippen LogP contribution in [0.1, 0.15) is 37.3 Å². The molecular weight excluding hydrogens is 484 g/mol. The number of rotatable bonds is 8. The molecule has 0 N–H and O–H groups in total. The fraction of sp³-hybridized carbons (Fsp3) is 0.200. The van der Waals surface area contributed by atoms with Gasteiger partial charge in [-0.2, -0.15) is 0 Å². The van der Waals surface area contributed by atoms with Crippen LogP contribution in [0.3, 0.4) is 0 Å². The van der Waals surface area contributed by atoms with E-state index in [2.05, 4.69) is 54.9 Å². The van der Waals surface area contributed by atoms with E-state index in [1.54, 1.807) is 4.90 Å². The van der Waals surface area contributed by atoms with Crippen LogP contribution in [0.4, 0.5) is 5.69 Å². The Hall–Kier alpha value is -3.35. The van der Waals surface area contributed by atoms with Crippen molar-refractivity contribution < 1.29 is 9.53 Å². The zero-order valence-electron chi connectivity index (χ0n) is 20.4. The van der Waals surface area contributed by atoms with E-state index in [9.17, 15) is 4.79 Å². The molecule has 4 aromatic rings. The Balaban J connectivity index is 1.38. The first-order valence-electron chi connectivity index (χ1n) is 12.2. The minimum absolute atomic E-state index is 0.0852. The number of thioether (sulfide) groups is 1. The Labute approximate surface area is 221 Å². The number of hydrogen-bond acceptors (Lipinski definition) is 4. The van der Waals surface area contributed by atoms with E-state index in [4.69, 9.17) is 17.0 Å². The third-order valence-corrected chi connectivity index (χ3v) is 7.87. The molecule has 1 aromatic heterocycles. The second kappa shape index (κ2) is 10.7. The van der Waals surface area contributed by atoms with Crippen molar-refractivity contribution in [2.75, 3.05) is 11.5 Å². The van der Waals surface area contributed by atoms with Crippen LogP contribution in [-0.2, 0) is 11.3 Å². The third-order valence-electron chi connectivity index (χ3n) is 6.57. The lowest BCUT2D eigenvalue weighted by Crippen LogP contribution is -2.27. The number of hydrogen-bond donors (Lipinski definition) is 0. The average Bonchev–Trinajstić information content (AvgIpc) is 3.40. The molecule has 1 aliphatic rings. The second-order valence-corrected chi connectivity index (χ2v) is 10.5. The van der Waals surface area contributed by atoms with E-state index < -0.39 is 0 Å². The summed E-state index contributed by atoms with van der Waals surface area (Å²) in [6.07, 6.45) is 5.13. The summed E-state index contributed by atoms with van der Waals surface area (Å²) in [5.41, 5.74) is 4.15. The fourth-order valence-corrected chi connectivity index (χ4v) is 5.77. The molecule has 0 spiro atoms. The van der Waals surface area contributed by atoms with Gasteiger partial charge in [-0.05, 0) is 48.2 Å². The predicted octanol–water partition coefficient (Wildman–Crippen LogP) is 7.64. The zero-order chi connectivity index (χ0) is 25.1. The Morgan fingerprint density at radius 1 is 1.00 bits per heavy atom. The van der Waals surface area contributed by atoms with Gasteiger partial charge in [0.25, 0.3) is 5.91 Å². The molecule has 3 aromatic carbocycles. The second-order valence-electron chi connectivity index (χ2n) is 8.84. The lowest BCUT2D eigenvalue weighted by molar-refractivity contribution is -0.113. The lowest BCUT2D eigenvalue weighted by Gasteiger charge is -2.16. The number of anilines is 1. The summed E-state index contributed by atoms with van der Waals surface area (Å²) < 4.78 is 8.98. The molecule has 5 rings (SSSR count). The summed E-state index contributed by atoms with van der Waals surface area (Å²) in [7, 11) is 0. The first-order valence-corrected chi connectivity index (χ1v) is 13.4. The van der Waals surface area contributed by atoms with Crippen LogP contribution in [0.25, 0.3) is 17.0 Å². The minimum Gasteiger partial charge on any atom is -0.491 e. The van der Waals surface area contributed by atoms with Gasteiger partial charge in [-0.25, -0.2) is 0 Å². The summed E-state index contributed by atoms with van der Waals surface area (Å²) in [5, 5.41) is 1.10. The normalized spacial score (nSPS) is 15.7. The Morgan fingerprint density at radius 2 is 1.72 bits per heavy atom. The Kier molecular flexibility index (Phi) is 7.25. The van der Waals surface area contributed by atoms with Crippen LogP contribution in [0.2, 0.25) is 0 Å². The molecule has 0 radical (unpaired) electrons. The predicted molar refractivity (Wildman–Crippen MR) is 155 cm³/mol. The molecule has 0 saturated carbocycles. The SMILES string of the molecule is CCC(C)c1ccccc1OCCn1cc(C=C2SC(=S)N(c3ccccc3)C2=O)c2ccccc21. The third kappa shape index (κ3) is 4.84. The zero-order valence-corrected chi connectivity index (χ0v) is 22.0. The van der Waals surface area contributed by atoms with Gasteiger partial charge in [0.05, 0.1) is 17.1 Å². The number of fused-ring (bicyclic) bond motifs is 1. The van der Waals surface area contributed by atoms with Crippen molar-refractivity contribution >= 4 is 56.9 Å². The largest absolute Gasteiger partial charge is 0.491 e. The van der Waals surface area contributed by atoms with Gasteiger partial charge in [0.2, 0.25) is 0 Å². The van der Waals surface area contributed by atoms with Crippen LogP contribution in [-0.4, -0.2) is 21.4 Å². The summed E-state index contributed by atoms with van der Waals surface area (Å²) >= 11 is 6.89. The number of amides is 1. The number of carbonyl (C=O) groups excluding carboxylic acids is 1. The van der Waals surface area contributed by atoms with E-state index in [-0.39, 0.29) is 5.91 Å². The van der Waals surface area contributed by atoms with Crippen molar-refractivity contribution in [2.24, 2.45) is 0 Å². The van der Waals surface area contributed by atoms with E-state index in [0.717, 1.165) is 34.3 Å². The maximum atomic E-state index is 13.2. The van der Waals surface area contributed by atoms with E-state index in [0.29, 0.717) is 28.3 Å². The van der Waals surface area contributed by atoms with Crippen molar-refractivity contribution in [3.05, 3.63) is 101 Å². The van der Waals surface area contributed by atoms with Gasteiger partial charge in [-0.1, -0.05) is 92.4 Å². The summed E-state index contributed by atoms with van der Waals surface area (Å²) in [6.45, 7) is 5.69. The van der Waals surface area contributed by atoms with Gasteiger partial charge in [0.1, 0.15) is 12.4 Å². The highest BCUT2D eigenvalue weighted by atomic mass is 32.2. The molecule has 0 bridgehead atoms. The topological polar surface area (TPSA) is 34.5 Å². The Bertz CT molecular complexity index is 1440. The van der Waals surface area contributed by atoms with Crippen LogP contribution < -0.4 is 9.64 Å². The standard InChI is InChI=1S/C30H28N2O2S2/c1-3-21(2)24-13-8-10-16-27(24)34-18-17-31-20-22(25-14-7-9-15-26(25)31)19-28-29(33)32(30(35)36-28)23-11-5-4-6-12-23/h4-16,19-21H,3,17-18H2,1-2H3. The van der Waals surface area contributed by atoms with E-state index >= 15 is 0 Å². The number of thiocarbonyl (C=S) groups is 1. The van der Waals surface area contributed by atoms with Crippen LogP contribution in [0, 0.1) is 0 Å². The molecule has 1 aliphatic heterocycles. The van der Waals surface area contributed by atoms with Gasteiger partial charge in [-0.15, -0.1) is 0 Å². The molecule has 6 heteroatoms. The highest BCUT2D eigenvalue weighted by Gasteiger charge is 2.33. The van der Waals surface area contributed by atoms with Crippen molar-refractivity contribution in [1.29, 1.82) is 0 Å². The van der Waals surface area contributed by atoms with Crippen LogP contribution >= 0.6 is 24.0 Å². The molecule has 0 aliphatic carbocycles. The maximum Gasteiger partial charge on any atom is 0.270 e. The molecule has 1 fully saturated rings. The molecule has 2 heterocycles. The Morgan fingerprint density at radius 3 is 2.53 bits per heavy atom. The van der Waals surface area contributed by atoms with Crippen LogP contribution in [0.5, 0.6) is 5.75 Å². The number of aromatic nitrogens is 1. The number of carbonyl (C=O) groups is 1. The number of ether oxygens (including phenoxy) is 1. The number of nitrogens with zero attached hydrogens (tertiary/aromatic N) is 2. The fourth-order valence-electron chi connectivity index (χ4n) is 4.48.